The molecule has 1 aromatic heterocycles. The Morgan fingerprint density at radius 3 is 2.73 bits per heavy atom. The van der Waals surface area contributed by atoms with Crippen LogP contribution in [0.25, 0.3) is 10.9 Å². The molecule has 1 fully saturated rings. The number of fused-ring (bicyclic) bond motifs is 1. The van der Waals surface area contributed by atoms with Crippen LogP contribution < -0.4 is 4.74 Å². The number of para-hydroxylation sites is 1. The Labute approximate surface area is 130 Å². The highest BCUT2D eigenvalue weighted by atomic mass is 16.5. The number of ether oxygens (including phenoxy) is 1. The molecule has 1 heterocycles. The third kappa shape index (κ3) is 3.06. The fourth-order valence-electron chi connectivity index (χ4n) is 3.29. The molecule has 1 unspecified atom stereocenters. The summed E-state index contributed by atoms with van der Waals surface area (Å²) in [6.07, 6.45) is 4.46. The first kappa shape index (κ1) is 14.8. The maximum absolute atomic E-state index is 11.7. The van der Waals surface area contributed by atoms with E-state index in [0.29, 0.717) is 5.75 Å². The molecule has 1 N–H and O–H groups in total. The van der Waals surface area contributed by atoms with E-state index >= 15 is 0 Å². The number of hydrogen-bond donors (Lipinski definition) is 1. The molecule has 0 bridgehead atoms. The number of pyridine rings is 1. The van der Waals surface area contributed by atoms with Crippen molar-refractivity contribution >= 4 is 16.9 Å². The first-order chi connectivity index (χ1) is 10.6. The average Bonchev–Trinajstić information content (AvgIpc) is 2.52. The number of hydrogen-bond acceptors (Lipinski definition) is 3. The van der Waals surface area contributed by atoms with Crippen LogP contribution >= 0.6 is 0 Å². The molecule has 1 aromatic carbocycles. The van der Waals surface area contributed by atoms with E-state index in [-0.39, 0.29) is 5.92 Å². The fourth-order valence-corrected chi connectivity index (χ4v) is 3.29. The van der Waals surface area contributed by atoms with E-state index in [4.69, 9.17) is 4.74 Å². The van der Waals surface area contributed by atoms with Gasteiger partial charge >= 0.3 is 5.97 Å². The SMILES string of the molecule is Cc1cc(OC(C(=O)O)C2CCCCC2)c2ccccc2n1. The first-order valence-electron chi connectivity index (χ1n) is 7.91. The molecule has 0 saturated heterocycles. The number of rotatable bonds is 4. The summed E-state index contributed by atoms with van der Waals surface area (Å²) in [5.74, 6) is -0.148. The van der Waals surface area contributed by atoms with Gasteiger partial charge in [0.05, 0.1) is 5.52 Å². The molecule has 2 aromatic rings. The fraction of sp³-hybridized carbons (Fsp3) is 0.444. The number of carboxylic acids is 1. The van der Waals surface area contributed by atoms with Gasteiger partial charge in [0.15, 0.2) is 6.10 Å². The van der Waals surface area contributed by atoms with Crippen LogP contribution in [0.2, 0.25) is 0 Å². The Hall–Kier alpha value is -2.10. The number of carbonyl (C=O) groups is 1. The van der Waals surface area contributed by atoms with Gasteiger partial charge in [0.2, 0.25) is 0 Å². The molecule has 1 atom stereocenters. The van der Waals surface area contributed by atoms with E-state index in [1.165, 1.54) is 6.42 Å². The zero-order valence-electron chi connectivity index (χ0n) is 12.8. The van der Waals surface area contributed by atoms with Crippen molar-refractivity contribution in [2.75, 3.05) is 0 Å². The van der Waals surface area contributed by atoms with Gasteiger partial charge in [-0.2, -0.15) is 0 Å². The molecule has 4 heteroatoms. The van der Waals surface area contributed by atoms with Crippen molar-refractivity contribution in [3.05, 3.63) is 36.0 Å². The van der Waals surface area contributed by atoms with Gasteiger partial charge in [0.1, 0.15) is 5.75 Å². The zero-order valence-corrected chi connectivity index (χ0v) is 12.8. The highest BCUT2D eigenvalue weighted by Crippen LogP contribution is 2.32. The van der Waals surface area contributed by atoms with Gasteiger partial charge in [-0.3, -0.25) is 4.98 Å². The highest BCUT2D eigenvalue weighted by molar-refractivity contribution is 5.85. The maximum atomic E-state index is 11.7. The summed E-state index contributed by atoms with van der Waals surface area (Å²) in [5.41, 5.74) is 1.67. The van der Waals surface area contributed by atoms with Crippen molar-refractivity contribution < 1.29 is 14.6 Å². The molecule has 1 saturated carbocycles. The number of aliphatic carboxylic acids is 1. The van der Waals surface area contributed by atoms with Crippen LogP contribution in [0.1, 0.15) is 37.8 Å². The molecule has 1 aliphatic carbocycles. The van der Waals surface area contributed by atoms with Crippen LogP contribution in [0, 0.1) is 12.8 Å². The van der Waals surface area contributed by atoms with E-state index < -0.39 is 12.1 Å². The van der Waals surface area contributed by atoms with Crippen LogP contribution in [0.3, 0.4) is 0 Å². The smallest absolute Gasteiger partial charge is 0.345 e. The molecule has 1 aliphatic rings. The van der Waals surface area contributed by atoms with Gasteiger partial charge in [-0.25, -0.2) is 4.79 Å². The first-order valence-corrected chi connectivity index (χ1v) is 7.91. The largest absolute Gasteiger partial charge is 0.478 e. The minimum atomic E-state index is -0.870. The van der Waals surface area contributed by atoms with Crippen molar-refractivity contribution in [2.24, 2.45) is 5.92 Å². The Morgan fingerprint density at radius 2 is 2.00 bits per heavy atom. The predicted octanol–water partition coefficient (Wildman–Crippen LogP) is 3.96. The topological polar surface area (TPSA) is 59.4 Å². The summed E-state index contributed by atoms with van der Waals surface area (Å²) in [6.45, 7) is 1.90. The van der Waals surface area contributed by atoms with Crippen LogP contribution in [0.4, 0.5) is 0 Å². The monoisotopic (exact) mass is 299 g/mol. The minimum Gasteiger partial charge on any atom is -0.478 e. The lowest BCUT2D eigenvalue weighted by atomic mass is 9.85. The van der Waals surface area contributed by atoms with E-state index in [2.05, 4.69) is 4.98 Å². The lowest BCUT2D eigenvalue weighted by Crippen LogP contribution is -2.36. The number of aryl methyl sites for hydroxylation is 1. The normalized spacial score (nSPS) is 17.3. The molecular weight excluding hydrogens is 278 g/mol. The van der Waals surface area contributed by atoms with Gasteiger partial charge < -0.3 is 9.84 Å². The molecule has 22 heavy (non-hydrogen) atoms. The Morgan fingerprint density at radius 1 is 1.27 bits per heavy atom. The average molecular weight is 299 g/mol. The molecule has 0 amide bonds. The van der Waals surface area contributed by atoms with Crippen LogP contribution in [0.15, 0.2) is 30.3 Å². The van der Waals surface area contributed by atoms with E-state index in [1.54, 1.807) is 0 Å². The Kier molecular flexibility index (Phi) is 4.27. The van der Waals surface area contributed by atoms with Crippen molar-refractivity contribution in [1.82, 2.24) is 4.98 Å². The van der Waals surface area contributed by atoms with E-state index in [0.717, 1.165) is 42.3 Å². The van der Waals surface area contributed by atoms with Gasteiger partial charge in [-0.1, -0.05) is 31.4 Å². The minimum absolute atomic E-state index is 0.0958. The summed E-state index contributed by atoms with van der Waals surface area (Å²) >= 11 is 0. The second kappa shape index (κ2) is 6.34. The molecule has 0 aliphatic heterocycles. The zero-order chi connectivity index (χ0) is 15.5. The van der Waals surface area contributed by atoms with Crippen LogP contribution in [0.5, 0.6) is 5.75 Å². The van der Waals surface area contributed by atoms with Crippen LogP contribution in [-0.2, 0) is 4.79 Å². The molecule has 3 rings (SSSR count). The van der Waals surface area contributed by atoms with Gasteiger partial charge in [-0.15, -0.1) is 0 Å². The summed E-state index contributed by atoms with van der Waals surface area (Å²) < 4.78 is 5.97. The molecule has 4 nitrogen and oxygen atoms in total. The number of carboxylic acid groups (broad SMARTS) is 1. The standard InChI is InChI=1S/C18H21NO3/c1-12-11-16(14-9-5-6-10-15(14)19-12)22-17(18(20)21)13-7-3-2-4-8-13/h5-6,9-11,13,17H,2-4,7-8H2,1H3,(H,20,21). The lowest BCUT2D eigenvalue weighted by Gasteiger charge is -2.28. The van der Waals surface area contributed by atoms with Crippen LogP contribution in [-0.4, -0.2) is 22.2 Å². The molecule has 116 valence electrons. The summed E-state index contributed by atoms with van der Waals surface area (Å²) in [7, 11) is 0. The van der Waals surface area contributed by atoms with E-state index in [1.807, 2.05) is 37.3 Å². The molecular formula is C18H21NO3. The van der Waals surface area contributed by atoms with E-state index in [9.17, 15) is 9.90 Å². The van der Waals surface area contributed by atoms with Gasteiger partial charge in [0, 0.05) is 23.1 Å². The summed E-state index contributed by atoms with van der Waals surface area (Å²) in [5, 5.41) is 10.5. The van der Waals surface area contributed by atoms with Crippen molar-refractivity contribution in [2.45, 2.75) is 45.1 Å². The van der Waals surface area contributed by atoms with Gasteiger partial charge in [-0.05, 0) is 31.9 Å². The Bertz CT molecular complexity index is 677. The second-order valence-electron chi connectivity index (χ2n) is 6.05. The van der Waals surface area contributed by atoms with Gasteiger partial charge in [0.25, 0.3) is 0 Å². The highest BCUT2D eigenvalue weighted by Gasteiger charge is 2.31. The molecule has 0 radical (unpaired) electrons. The van der Waals surface area contributed by atoms with Crippen molar-refractivity contribution in [3.63, 3.8) is 0 Å². The summed E-state index contributed by atoms with van der Waals surface area (Å²) in [4.78, 5) is 16.2. The Balaban J connectivity index is 1.94. The number of aromatic nitrogens is 1. The van der Waals surface area contributed by atoms with Crippen molar-refractivity contribution in [1.29, 1.82) is 0 Å². The molecule has 0 spiro atoms. The quantitative estimate of drug-likeness (QED) is 0.928. The summed E-state index contributed by atoms with van der Waals surface area (Å²) in [6, 6.07) is 9.53. The number of benzene rings is 1. The second-order valence-corrected chi connectivity index (χ2v) is 6.05. The predicted molar refractivity (Wildman–Crippen MR) is 85.1 cm³/mol. The third-order valence-corrected chi connectivity index (χ3v) is 4.38. The number of nitrogens with zero attached hydrogens (tertiary/aromatic N) is 1. The maximum Gasteiger partial charge on any atom is 0.345 e. The lowest BCUT2D eigenvalue weighted by molar-refractivity contribution is -0.148. The third-order valence-electron chi connectivity index (χ3n) is 4.38. The van der Waals surface area contributed by atoms with Crippen molar-refractivity contribution in [3.8, 4) is 5.75 Å².